The highest BCUT2D eigenvalue weighted by molar-refractivity contribution is 9.10. The van der Waals surface area contributed by atoms with Gasteiger partial charge in [0.1, 0.15) is 0 Å². The van der Waals surface area contributed by atoms with Crippen molar-refractivity contribution < 1.29 is 4.11 Å². The van der Waals surface area contributed by atoms with Gasteiger partial charge in [-0.3, -0.25) is 0 Å². The van der Waals surface area contributed by atoms with Crippen molar-refractivity contribution >= 4 is 21.6 Å². The average molecular weight is 258 g/mol. The smallest absolute Gasteiger partial charge is 0.0511 e. The van der Waals surface area contributed by atoms with Gasteiger partial charge in [-0.1, -0.05) is 12.1 Å². The Kier molecular flexibility index (Phi) is 2.12. The molecule has 14 heavy (non-hydrogen) atoms. The van der Waals surface area contributed by atoms with Gasteiger partial charge in [0, 0.05) is 34.8 Å². The molecule has 0 saturated carbocycles. The van der Waals surface area contributed by atoms with Gasteiger partial charge in [0.15, 0.2) is 0 Å². The van der Waals surface area contributed by atoms with Crippen LogP contribution in [0.3, 0.4) is 0 Å². The molecular formula is C11H15BrN2. The second-order valence-electron chi connectivity index (χ2n) is 3.43. The number of likely N-dealkylation sites (N-methyl/N-ethyl adjacent to an activating group) is 1. The molecule has 1 aliphatic heterocycles. The molecule has 0 N–H and O–H groups in total. The normalized spacial score (nSPS) is 22.6. The Hall–Kier alpha value is -0.540. The van der Waals surface area contributed by atoms with Gasteiger partial charge < -0.3 is 9.80 Å². The summed E-state index contributed by atoms with van der Waals surface area (Å²) < 4.78 is 23.2. The van der Waals surface area contributed by atoms with Crippen molar-refractivity contribution in [1.82, 2.24) is 4.90 Å². The molecule has 1 heterocycles. The van der Waals surface area contributed by atoms with Crippen LogP contribution in [0.25, 0.3) is 0 Å². The third-order valence-corrected chi connectivity index (χ3v) is 3.14. The summed E-state index contributed by atoms with van der Waals surface area (Å²) in [6.07, 6.45) is 0. The molecule has 0 aliphatic carbocycles. The summed E-state index contributed by atoms with van der Waals surface area (Å²) in [5.41, 5.74) is 1.14. The highest BCUT2D eigenvalue weighted by Crippen LogP contribution is 2.26. The number of rotatable bonds is 1. The van der Waals surface area contributed by atoms with E-state index in [2.05, 4.69) is 26.9 Å². The van der Waals surface area contributed by atoms with Crippen LogP contribution in [-0.4, -0.2) is 38.1 Å². The Labute approximate surface area is 97.9 Å². The Balaban J connectivity index is 2.03. The van der Waals surface area contributed by atoms with E-state index >= 15 is 0 Å². The molecule has 1 saturated heterocycles. The maximum absolute atomic E-state index is 7.37. The molecule has 0 atom stereocenters. The summed E-state index contributed by atoms with van der Waals surface area (Å²) >= 11 is 3.52. The van der Waals surface area contributed by atoms with Gasteiger partial charge in [-0.05, 0) is 35.0 Å². The molecule has 0 radical (unpaired) electrons. The van der Waals surface area contributed by atoms with Gasteiger partial charge in [-0.2, -0.15) is 0 Å². The molecule has 2 rings (SSSR count). The molecule has 0 unspecified atom stereocenters. The van der Waals surface area contributed by atoms with Crippen LogP contribution in [0, 0.1) is 0 Å². The molecule has 0 amide bonds. The maximum atomic E-state index is 7.37. The summed E-state index contributed by atoms with van der Waals surface area (Å²) in [5.74, 6) is 0. The van der Waals surface area contributed by atoms with Crippen LogP contribution in [0.2, 0.25) is 0 Å². The van der Waals surface area contributed by atoms with Gasteiger partial charge in [-0.15, -0.1) is 0 Å². The largest absolute Gasteiger partial charge is 0.368 e. The SMILES string of the molecule is [2H]C([2H])([2H])N1CCN(c2ccccc2Br)CC1. The lowest BCUT2D eigenvalue weighted by Gasteiger charge is -2.34. The molecule has 2 nitrogen and oxygen atoms in total. The van der Waals surface area contributed by atoms with Gasteiger partial charge >= 0.3 is 0 Å². The summed E-state index contributed by atoms with van der Waals surface area (Å²) in [6, 6.07) is 8.03. The van der Waals surface area contributed by atoms with Crippen LogP contribution in [-0.2, 0) is 0 Å². The summed E-state index contributed by atoms with van der Waals surface area (Å²) in [7, 11) is 0. The molecular weight excluding hydrogens is 240 g/mol. The van der Waals surface area contributed by atoms with Crippen molar-refractivity contribution in [2.75, 3.05) is 38.1 Å². The van der Waals surface area contributed by atoms with Crippen molar-refractivity contribution in [2.24, 2.45) is 0 Å². The molecule has 1 aromatic carbocycles. The van der Waals surface area contributed by atoms with E-state index in [-0.39, 0.29) is 0 Å². The number of anilines is 1. The molecule has 1 aromatic rings. The van der Waals surface area contributed by atoms with E-state index in [1.54, 1.807) is 4.90 Å². The maximum Gasteiger partial charge on any atom is 0.0511 e. The van der Waals surface area contributed by atoms with Crippen LogP contribution in [0.15, 0.2) is 28.7 Å². The third-order valence-electron chi connectivity index (χ3n) is 2.47. The molecule has 3 heteroatoms. The van der Waals surface area contributed by atoms with Gasteiger partial charge in [0.05, 0.1) is 5.69 Å². The van der Waals surface area contributed by atoms with Crippen molar-refractivity contribution in [1.29, 1.82) is 0 Å². The zero-order chi connectivity index (χ0) is 12.5. The summed E-state index contributed by atoms with van der Waals surface area (Å²) in [4.78, 5) is 3.77. The molecule has 76 valence electrons. The highest BCUT2D eigenvalue weighted by atomic mass is 79.9. The van der Waals surface area contributed by atoms with E-state index in [0.717, 1.165) is 23.2 Å². The fourth-order valence-corrected chi connectivity index (χ4v) is 2.19. The quantitative estimate of drug-likeness (QED) is 0.762. The van der Waals surface area contributed by atoms with E-state index < -0.39 is 6.98 Å². The van der Waals surface area contributed by atoms with Crippen LogP contribution in [0.1, 0.15) is 4.11 Å². The first-order valence-corrected chi connectivity index (χ1v) is 5.52. The van der Waals surface area contributed by atoms with Crippen molar-refractivity contribution in [2.45, 2.75) is 0 Å². The topological polar surface area (TPSA) is 6.48 Å². The van der Waals surface area contributed by atoms with E-state index in [0.29, 0.717) is 13.1 Å². The lowest BCUT2D eigenvalue weighted by atomic mass is 10.2. The molecule has 0 aromatic heterocycles. The minimum atomic E-state index is -1.96. The fraction of sp³-hybridized carbons (Fsp3) is 0.455. The van der Waals surface area contributed by atoms with Crippen molar-refractivity contribution in [3.05, 3.63) is 28.7 Å². The number of hydrogen-bond acceptors (Lipinski definition) is 2. The van der Waals surface area contributed by atoms with Crippen molar-refractivity contribution in [3.63, 3.8) is 0 Å². The summed E-state index contributed by atoms with van der Waals surface area (Å²) in [5, 5.41) is 0. The van der Waals surface area contributed by atoms with Crippen molar-refractivity contribution in [3.8, 4) is 0 Å². The highest BCUT2D eigenvalue weighted by Gasteiger charge is 2.15. The monoisotopic (exact) mass is 257 g/mol. The predicted molar refractivity (Wildman–Crippen MR) is 63.9 cm³/mol. The lowest BCUT2D eigenvalue weighted by molar-refractivity contribution is 0.312. The van der Waals surface area contributed by atoms with E-state index in [4.69, 9.17) is 4.11 Å². The van der Waals surface area contributed by atoms with E-state index in [9.17, 15) is 0 Å². The second kappa shape index (κ2) is 4.32. The average Bonchev–Trinajstić information content (AvgIpc) is 2.29. The number of nitrogens with zero attached hydrogens (tertiary/aromatic N) is 2. The lowest BCUT2D eigenvalue weighted by Crippen LogP contribution is -2.44. The van der Waals surface area contributed by atoms with Gasteiger partial charge in [-0.25, -0.2) is 0 Å². The number of para-hydroxylation sites is 1. The number of hydrogen-bond donors (Lipinski definition) is 0. The number of benzene rings is 1. The first kappa shape index (κ1) is 6.85. The molecule has 0 spiro atoms. The van der Waals surface area contributed by atoms with Gasteiger partial charge in [0.2, 0.25) is 0 Å². The fourth-order valence-electron chi connectivity index (χ4n) is 1.66. The van der Waals surface area contributed by atoms with Crippen LogP contribution >= 0.6 is 15.9 Å². The minimum Gasteiger partial charge on any atom is -0.368 e. The molecule has 1 aliphatic rings. The van der Waals surface area contributed by atoms with E-state index in [1.807, 2.05) is 18.2 Å². The first-order valence-electron chi connectivity index (χ1n) is 6.23. The minimum absolute atomic E-state index is 0.581. The van der Waals surface area contributed by atoms with E-state index in [1.165, 1.54) is 0 Å². The first-order chi connectivity index (χ1) is 7.98. The Bertz CT molecular complexity index is 387. The van der Waals surface area contributed by atoms with Crippen LogP contribution < -0.4 is 4.90 Å². The standard InChI is InChI=1S/C11H15BrN2/c1-13-6-8-14(9-7-13)11-5-3-2-4-10(11)12/h2-5H,6-9H2,1H3/i1D3. The second-order valence-corrected chi connectivity index (χ2v) is 4.28. The molecule has 0 bridgehead atoms. The Morgan fingerprint density at radius 1 is 1.21 bits per heavy atom. The van der Waals surface area contributed by atoms with Crippen LogP contribution in [0.5, 0.6) is 0 Å². The zero-order valence-electron chi connectivity index (χ0n) is 10.9. The summed E-state index contributed by atoms with van der Waals surface area (Å²) in [6.45, 7) is 0.706. The molecule has 1 fully saturated rings. The number of piperazine rings is 1. The third kappa shape index (κ3) is 2.10. The predicted octanol–water partition coefficient (Wildman–Crippen LogP) is 2.20. The Morgan fingerprint density at radius 3 is 2.57 bits per heavy atom. The zero-order valence-corrected chi connectivity index (χ0v) is 9.50. The van der Waals surface area contributed by atoms with Gasteiger partial charge in [0.25, 0.3) is 0 Å². The van der Waals surface area contributed by atoms with Crippen LogP contribution in [0.4, 0.5) is 5.69 Å². The Morgan fingerprint density at radius 2 is 1.93 bits per heavy atom. The number of halogens is 1.